The Morgan fingerprint density at radius 1 is 1.26 bits per heavy atom. The minimum absolute atomic E-state index is 0.0367. The highest BCUT2D eigenvalue weighted by atomic mass is 16.6. The van der Waals surface area contributed by atoms with E-state index in [0.717, 1.165) is 24.9 Å². The summed E-state index contributed by atoms with van der Waals surface area (Å²) in [6.07, 6.45) is 1.39. The van der Waals surface area contributed by atoms with Crippen molar-refractivity contribution in [3.8, 4) is 5.75 Å². The van der Waals surface area contributed by atoms with Gasteiger partial charge in [-0.2, -0.15) is 0 Å². The Hall–Kier alpha value is -1.75. The summed E-state index contributed by atoms with van der Waals surface area (Å²) in [5.41, 5.74) is 0.673. The van der Waals surface area contributed by atoms with Crippen LogP contribution in [0.1, 0.15) is 59.1 Å². The zero-order valence-electron chi connectivity index (χ0n) is 14.8. The highest BCUT2D eigenvalue weighted by Gasteiger charge is 2.17. The van der Waals surface area contributed by atoms with E-state index in [2.05, 4.69) is 17.6 Å². The van der Waals surface area contributed by atoms with Crippen LogP contribution in [0.2, 0.25) is 0 Å². The number of hydrogen-bond donors (Lipinski definition) is 3. The lowest BCUT2D eigenvalue weighted by molar-refractivity contribution is 0.0506. The number of phenols is 1. The lowest BCUT2D eigenvalue weighted by Crippen LogP contribution is -2.39. The monoisotopic (exact) mass is 322 g/mol. The molecule has 1 amide bonds. The molecule has 0 radical (unpaired) electrons. The van der Waals surface area contributed by atoms with Crippen LogP contribution in [-0.4, -0.2) is 29.4 Å². The highest BCUT2D eigenvalue weighted by molar-refractivity contribution is 5.67. The average Bonchev–Trinajstić information content (AvgIpc) is 2.42. The van der Waals surface area contributed by atoms with Gasteiger partial charge in [0, 0.05) is 12.1 Å². The Morgan fingerprint density at radius 2 is 1.87 bits per heavy atom. The van der Waals surface area contributed by atoms with Crippen LogP contribution in [0.5, 0.6) is 5.75 Å². The van der Waals surface area contributed by atoms with Gasteiger partial charge in [-0.1, -0.05) is 19.1 Å². The first kappa shape index (κ1) is 19.3. The molecule has 130 valence electrons. The molecule has 0 aliphatic carbocycles. The molecule has 0 aliphatic rings. The van der Waals surface area contributed by atoms with Gasteiger partial charge in [0.05, 0.1) is 0 Å². The number of rotatable bonds is 7. The van der Waals surface area contributed by atoms with Gasteiger partial charge in [0.25, 0.3) is 0 Å². The fraction of sp³-hybridized carbons (Fsp3) is 0.611. The number of benzene rings is 1. The molecular formula is C18H30N2O3. The molecule has 5 heteroatoms. The van der Waals surface area contributed by atoms with E-state index in [9.17, 15) is 9.90 Å². The summed E-state index contributed by atoms with van der Waals surface area (Å²) in [6, 6.07) is 7.54. The Morgan fingerprint density at radius 3 is 2.39 bits per heavy atom. The predicted molar refractivity (Wildman–Crippen MR) is 92.6 cm³/mol. The van der Waals surface area contributed by atoms with E-state index in [4.69, 9.17) is 4.74 Å². The molecule has 0 saturated carbocycles. The minimum atomic E-state index is -0.478. The molecule has 3 N–H and O–H groups in total. The van der Waals surface area contributed by atoms with E-state index in [1.54, 1.807) is 12.1 Å². The van der Waals surface area contributed by atoms with Crippen LogP contribution in [0.15, 0.2) is 24.3 Å². The van der Waals surface area contributed by atoms with Crippen molar-refractivity contribution in [3.63, 3.8) is 0 Å². The fourth-order valence-electron chi connectivity index (χ4n) is 2.26. The molecule has 0 heterocycles. The largest absolute Gasteiger partial charge is 0.508 e. The maximum Gasteiger partial charge on any atom is 0.407 e. The Labute approximate surface area is 139 Å². The van der Waals surface area contributed by atoms with Crippen LogP contribution in [0.25, 0.3) is 0 Å². The maximum absolute atomic E-state index is 11.7. The normalized spacial score (nSPS) is 14.1. The number of ether oxygens (including phenoxy) is 1. The lowest BCUT2D eigenvalue weighted by Gasteiger charge is -2.23. The zero-order valence-corrected chi connectivity index (χ0v) is 14.8. The number of phenolic OH excluding ortho intramolecular Hbond substituents is 1. The third-order valence-electron chi connectivity index (χ3n) is 3.43. The van der Waals surface area contributed by atoms with Gasteiger partial charge in [-0.3, -0.25) is 0 Å². The van der Waals surface area contributed by atoms with Crippen molar-refractivity contribution in [2.45, 2.75) is 65.1 Å². The Kier molecular flexibility index (Phi) is 7.36. The summed E-state index contributed by atoms with van der Waals surface area (Å²) in [7, 11) is 0. The average molecular weight is 322 g/mol. The first-order chi connectivity index (χ1) is 10.7. The first-order valence-corrected chi connectivity index (χ1v) is 8.23. The topological polar surface area (TPSA) is 70.6 Å². The van der Waals surface area contributed by atoms with Gasteiger partial charge in [0.15, 0.2) is 0 Å². The summed E-state index contributed by atoms with van der Waals surface area (Å²) in [6.45, 7) is 10.4. The predicted octanol–water partition coefficient (Wildman–Crippen LogP) is 3.74. The summed E-state index contributed by atoms with van der Waals surface area (Å²) in [4.78, 5) is 11.7. The summed E-state index contributed by atoms with van der Waals surface area (Å²) in [5, 5.41) is 15.7. The number of alkyl carbamates (subject to hydrolysis) is 1. The number of aromatic hydroxyl groups is 1. The third-order valence-corrected chi connectivity index (χ3v) is 3.43. The van der Waals surface area contributed by atoms with Crippen molar-refractivity contribution in [3.05, 3.63) is 29.8 Å². The van der Waals surface area contributed by atoms with Gasteiger partial charge < -0.3 is 20.5 Å². The lowest BCUT2D eigenvalue weighted by atomic mass is 10.0. The highest BCUT2D eigenvalue weighted by Crippen LogP contribution is 2.19. The Bertz CT molecular complexity index is 480. The van der Waals surface area contributed by atoms with E-state index < -0.39 is 5.60 Å². The van der Waals surface area contributed by atoms with Crippen molar-refractivity contribution in [2.75, 3.05) is 6.54 Å². The SMILES string of the molecule is CCC(NCCC(C)NC(=O)OC(C)(C)C)c1ccc(O)cc1. The molecule has 0 saturated heterocycles. The second-order valence-electron chi connectivity index (χ2n) is 6.84. The molecule has 0 aromatic heterocycles. The van der Waals surface area contributed by atoms with Gasteiger partial charge in [0.2, 0.25) is 0 Å². The Balaban J connectivity index is 2.36. The van der Waals surface area contributed by atoms with Gasteiger partial charge in [-0.15, -0.1) is 0 Å². The second kappa shape index (κ2) is 8.77. The molecule has 1 aromatic carbocycles. The molecule has 1 aromatic rings. The molecule has 5 nitrogen and oxygen atoms in total. The number of amides is 1. The van der Waals surface area contributed by atoms with Crippen LogP contribution < -0.4 is 10.6 Å². The molecule has 0 aliphatic heterocycles. The van der Waals surface area contributed by atoms with Crippen molar-refractivity contribution < 1.29 is 14.6 Å². The molecule has 1 rings (SSSR count). The van der Waals surface area contributed by atoms with Gasteiger partial charge in [0.1, 0.15) is 11.4 Å². The number of carbonyl (C=O) groups is 1. The van der Waals surface area contributed by atoms with Crippen molar-refractivity contribution in [1.82, 2.24) is 10.6 Å². The van der Waals surface area contributed by atoms with E-state index >= 15 is 0 Å². The molecule has 0 bridgehead atoms. The van der Waals surface area contributed by atoms with E-state index in [1.807, 2.05) is 39.8 Å². The molecule has 23 heavy (non-hydrogen) atoms. The third kappa shape index (κ3) is 7.88. The van der Waals surface area contributed by atoms with Gasteiger partial charge >= 0.3 is 6.09 Å². The van der Waals surface area contributed by atoms with Gasteiger partial charge in [-0.25, -0.2) is 4.79 Å². The molecular weight excluding hydrogens is 292 g/mol. The van der Waals surface area contributed by atoms with Crippen LogP contribution in [0.4, 0.5) is 4.79 Å². The molecule has 0 spiro atoms. The number of hydrogen-bond acceptors (Lipinski definition) is 4. The number of carbonyl (C=O) groups excluding carboxylic acids is 1. The van der Waals surface area contributed by atoms with E-state index in [1.165, 1.54) is 0 Å². The first-order valence-electron chi connectivity index (χ1n) is 8.23. The van der Waals surface area contributed by atoms with Crippen LogP contribution in [0.3, 0.4) is 0 Å². The standard InChI is InChI=1S/C18H30N2O3/c1-6-16(14-7-9-15(21)10-8-14)19-12-11-13(2)20-17(22)23-18(3,4)5/h7-10,13,16,19,21H,6,11-12H2,1-5H3,(H,20,22). The van der Waals surface area contributed by atoms with Crippen molar-refractivity contribution >= 4 is 6.09 Å². The second-order valence-corrected chi connectivity index (χ2v) is 6.84. The van der Waals surface area contributed by atoms with Crippen LogP contribution >= 0.6 is 0 Å². The number of nitrogens with one attached hydrogen (secondary N) is 2. The minimum Gasteiger partial charge on any atom is -0.508 e. The van der Waals surface area contributed by atoms with Gasteiger partial charge in [-0.05, 0) is 64.8 Å². The smallest absolute Gasteiger partial charge is 0.407 e. The molecule has 2 atom stereocenters. The van der Waals surface area contributed by atoms with Crippen molar-refractivity contribution in [1.29, 1.82) is 0 Å². The quantitative estimate of drug-likeness (QED) is 0.715. The van der Waals surface area contributed by atoms with Crippen molar-refractivity contribution in [2.24, 2.45) is 0 Å². The zero-order chi connectivity index (χ0) is 17.5. The summed E-state index contributed by atoms with van der Waals surface area (Å²) in [5.74, 6) is 0.277. The van der Waals surface area contributed by atoms with E-state index in [0.29, 0.717) is 0 Å². The molecule has 2 unspecified atom stereocenters. The van der Waals surface area contributed by atoms with Crippen LogP contribution in [-0.2, 0) is 4.74 Å². The molecule has 0 fully saturated rings. The summed E-state index contributed by atoms with van der Waals surface area (Å²) < 4.78 is 5.24. The van der Waals surface area contributed by atoms with Crippen LogP contribution in [0, 0.1) is 0 Å². The maximum atomic E-state index is 11.7. The summed E-state index contributed by atoms with van der Waals surface area (Å²) >= 11 is 0. The van der Waals surface area contributed by atoms with E-state index in [-0.39, 0.29) is 23.9 Å². The fourth-order valence-corrected chi connectivity index (χ4v) is 2.26.